The summed E-state index contributed by atoms with van der Waals surface area (Å²) in [6.45, 7) is 0. The van der Waals surface area contributed by atoms with Gasteiger partial charge in [0.2, 0.25) is 0 Å². The summed E-state index contributed by atoms with van der Waals surface area (Å²) in [7, 11) is 0. The molecule has 0 atom stereocenters. The minimum atomic E-state index is -0.0429. The molecule has 2 aromatic rings. The Balaban J connectivity index is 2.66. The molecule has 0 fully saturated rings. The van der Waals surface area contributed by atoms with Crippen molar-refractivity contribution < 1.29 is 5.11 Å². The number of phenols is 1. The molecule has 1 aromatic carbocycles. The molecule has 0 aliphatic carbocycles. The van der Waals surface area contributed by atoms with Gasteiger partial charge in [0, 0.05) is 0 Å². The van der Waals surface area contributed by atoms with Gasteiger partial charge in [0.25, 0.3) is 0 Å². The molecule has 0 saturated heterocycles. The zero-order valence-electron chi connectivity index (χ0n) is 7.12. The number of aromatic hydroxyl groups is 1. The number of aromatic nitrogens is 3. The molecule has 5 heteroatoms. The van der Waals surface area contributed by atoms with E-state index in [4.69, 9.17) is 5.26 Å². The first-order valence-corrected chi connectivity index (χ1v) is 3.90. The lowest BCUT2D eigenvalue weighted by atomic mass is 10.2. The van der Waals surface area contributed by atoms with Gasteiger partial charge < -0.3 is 5.11 Å². The van der Waals surface area contributed by atoms with Crippen molar-refractivity contribution in [1.82, 2.24) is 14.8 Å². The lowest BCUT2D eigenvalue weighted by Crippen LogP contribution is -1.94. The molecule has 0 aliphatic rings. The first-order chi connectivity index (χ1) is 6.83. The van der Waals surface area contributed by atoms with Crippen molar-refractivity contribution in [3.63, 3.8) is 0 Å². The minimum Gasteiger partial charge on any atom is -0.506 e. The van der Waals surface area contributed by atoms with Gasteiger partial charge >= 0.3 is 0 Å². The fourth-order valence-corrected chi connectivity index (χ4v) is 1.18. The maximum atomic E-state index is 9.41. The van der Waals surface area contributed by atoms with E-state index in [-0.39, 0.29) is 11.3 Å². The van der Waals surface area contributed by atoms with Gasteiger partial charge in [-0.25, -0.2) is 0 Å². The molecule has 0 radical (unpaired) electrons. The smallest absolute Gasteiger partial charge is 0.135 e. The minimum absolute atomic E-state index is 0.0429. The summed E-state index contributed by atoms with van der Waals surface area (Å²) in [5.74, 6) is -0.0429. The van der Waals surface area contributed by atoms with Gasteiger partial charge in [0.05, 0.1) is 5.69 Å². The second-order valence-corrected chi connectivity index (χ2v) is 2.65. The molecule has 1 N–H and O–H groups in total. The summed E-state index contributed by atoms with van der Waals surface area (Å²) in [5, 5.41) is 25.5. The molecular weight excluding hydrogens is 180 g/mol. The van der Waals surface area contributed by atoms with Crippen LogP contribution in [0.3, 0.4) is 0 Å². The van der Waals surface area contributed by atoms with Crippen LogP contribution in [0.2, 0.25) is 0 Å². The third kappa shape index (κ3) is 1.19. The largest absolute Gasteiger partial charge is 0.506 e. The highest BCUT2D eigenvalue weighted by atomic mass is 16.3. The van der Waals surface area contributed by atoms with Crippen LogP contribution < -0.4 is 0 Å². The average molecular weight is 186 g/mol. The maximum Gasteiger partial charge on any atom is 0.135 e. The number of phenolic OH excluding ortho intramolecular Hbond substituents is 1. The van der Waals surface area contributed by atoms with E-state index in [1.807, 2.05) is 6.07 Å². The Bertz CT molecular complexity index is 484. The van der Waals surface area contributed by atoms with Crippen molar-refractivity contribution >= 4 is 0 Å². The van der Waals surface area contributed by atoms with Crippen molar-refractivity contribution in [2.45, 2.75) is 0 Å². The van der Waals surface area contributed by atoms with Crippen LogP contribution in [0.1, 0.15) is 5.56 Å². The lowest BCUT2D eigenvalue weighted by Gasteiger charge is -2.04. The average Bonchev–Trinajstić information content (AvgIpc) is 2.70. The molecule has 2 rings (SSSR count). The highest BCUT2D eigenvalue weighted by Crippen LogP contribution is 2.22. The van der Waals surface area contributed by atoms with Crippen LogP contribution in [0.25, 0.3) is 5.69 Å². The zero-order valence-corrected chi connectivity index (χ0v) is 7.12. The topological polar surface area (TPSA) is 74.7 Å². The van der Waals surface area contributed by atoms with Crippen LogP contribution >= 0.6 is 0 Å². The van der Waals surface area contributed by atoms with Gasteiger partial charge in [-0.05, 0) is 12.1 Å². The molecule has 0 bridgehead atoms. The molecule has 0 unspecified atom stereocenters. The summed E-state index contributed by atoms with van der Waals surface area (Å²) in [5.41, 5.74) is 0.782. The second kappa shape index (κ2) is 3.18. The third-order valence-corrected chi connectivity index (χ3v) is 1.83. The first kappa shape index (κ1) is 8.26. The molecular formula is C9H6N4O. The number of hydrogen-bond acceptors (Lipinski definition) is 4. The number of rotatable bonds is 1. The number of nitrogens with zero attached hydrogens (tertiary/aromatic N) is 4. The second-order valence-electron chi connectivity index (χ2n) is 2.65. The summed E-state index contributed by atoms with van der Waals surface area (Å²) in [4.78, 5) is 0. The van der Waals surface area contributed by atoms with E-state index in [1.165, 1.54) is 18.7 Å². The van der Waals surface area contributed by atoms with Crippen molar-refractivity contribution in [2.24, 2.45) is 0 Å². The van der Waals surface area contributed by atoms with Crippen LogP contribution in [0.4, 0.5) is 0 Å². The van der Waals surface area contributed by atoms with Crippen LogP contribution in [0.15, 0.2) is 30.9 Å². The number of nitriles is 1. The van der Waals surface area contributed by atoms with Crippen LogP contribution in [0, 0.1) is 11.3 Å². The van der Waals surface area contributed by atoms with E-state index in [9.17, 15) is 5.11 Å². The Labute approximate surface area is 79.9 Å². The molecule has 0 amide bonds. The van der Waals surface area contributed by atoms with Gasteiger partial charge in [0.15, 0.2) is 0 Å². The molecule has 1 aromatic heterocycles. The van der Waals surface area contributed by atoms with Gasteiger partial charge in [-0.2, -0.15) is 5.26 Å². The van der Waals surface area contributed by atoms with E-state index in [2.05, 4.69) is 10.2 Å². The SMILES string of the molecule is N#Cc1c(O)cccc1-n1cnnc1. The summed E-state index contributed by atoms with van der Waals surface area (Å²) >= 11 is 0. The van der Waals surface area contributed by atoms with Crippen LogP contribution in [0.5, 0.6) is 5.75 Å². The van der Waals surface area contributed by atoms with Gasteiger partial charge in [-0.3, -0.25) is 4.57 Å². The van der Waals surface area contributed by atoms with E-state index in [1.54, 1.807) is 16.7 Å². The van der Waals surface area contributed by atoms with E-state index >= 15 is 0 Å². The van der Waals surface area contributed by atoms with Gasteiger partial charge in [-0.15, -0.1) is 10.2 Å². The standard InChI is InChI=1S/C9H6N4O/c10-4-7-8(2-1-3-9(7)14)13-5-11-12-6-13/h1-3,5-6,14H. The first-order valence-electron chi connectivity index (χ1n) is 3.90. The molecule has 5 nitrogen and oxygen atoms in total. The Morgan fingerprint density at radius 1 is 1.29 bits per heavy atom. The molecule has 0 saturated carbocycles. The van der Waals surface area contributed by atoms with E-state index < -0.39 is 0 Å². The third-order valence-electron chi connectivity index (χ3n) is 1.83. The Kier molecular flexibility index (Phi) is 1.88. The van der Waals surface area contributed by atoms with Gasteiger partial charge in [-0.1, -0.05) is 6.07 Å². The van der Waals surface area contributed by atoms with Crippen molar-refractivity contribution in [3.8, 4) is 17.5 Å². The Morgan fingerprint density at radius 2 is 2.00 bits per heavy atom. The lowest BCUT2D eigenvalue weighted by molar-refractivity contribution is 0.473. The van der Waals surface area contributed by atoms with Crippen molar-refractivity contribution in [3.05, 3.63) is 36.4 Å². The van der Waals surface area contributed by atoms with E-state index in [0.717, 1.165) is 0 Å². The molecule has 14 heavy (non-hydrogen) atoms. The van der Waals surface area contributed by atoms with Crippen molar-refractivity contribution in [2.75, 3.05) is 0 Å². The summed E-state index contributed by atoms with van der Waals surface area (Å²) < 4.78 is 1.57. The monoisotopic (exact) mass is 186 g/mol. The maximum absolute atomic E-state index is 9.41. The zero-order chi connectivity index (χ0) is 9.97. The van der Waals surface area contributed by atoms with Gasteiger partial charge in [0.1, 0.15) is 30.0 Å². The summed E-state index contributed by atoms with van der Waals surface area (Å²) in [6.07, 6.45) is 2.94. The van der Waals surface area contributed by atoms with Crippen LogP contribution in [-0.4, -0.2) is 19.9 Å². The molecule has 0 aliphatic heterocycles. The Morgan fingerprint density at radius 3 is 2.64 bits per heavy atom. The fraction of sp³-hybridized carbons (Fsp3) is 0. The predicted octanol–water partition coefficient (Wildman–Crippen LogP) is 0.845. The summed E-state index contributed by atoms with van der Waals surface area (Å²) in [6, 6.07) is 6.76. The molecule has 1 heterocycles. The fourth-order valence-electron chi connectivity index (χ4n) is 1.18. The highest BCUT2D eigenvalue weighted by Gasteiger charge is 2.07. The number of hydrogen-bond donors (Lipinski definition) is 1. The highest BCUT2D eigenvalue weighted by molar-refractivity contribution is 5.56. The normalized spacial score (nSPS) is 9.64. The predicted molar refractivity (Wildman–Crippen MR) is 47.7 cm³/mol. The van der Waals surface area contributed by atoms with E-state index in [0.29, 0.717) is 5.69 Å². The quantitative estimate of drug-likeness (QED) is 0.716. The van der Waals surface area contributed by atoms with Crippen LogP contribution in [-0.2, 0) is 0 Å². The molecule has 0 spiro atoms. The Hall–Kier alpha value is -2.35. The molecule has 68 valence electrons. The van der Waals surface area contributed by atoms with Crippen molar-refractivity contribution in [1.29, 1.82) is 5.26 Å². The number of benzene rings is 1.